The van der Waals surface area contributed by atoms with Crippen LogP contribution < -0.4 is 0 Å². The van der Waals surface area contributed by atoms with Gasteiger partial charge in [0.15, 0.2) is 0 Å². The van der Waals surface area contributed by atoms with Crippen molar-refractivity contribution in [2.45, 2.75) is 32.4 Å². The molecule has 1 N–H and O–H groups in total. The maximum absolute atomic E-state index is 11.2. The molecule has 5 heteroatoms. The maximum Gasteiger partial charge on any atom is 0.307 e. The van der Waals surface area contributed by atoms with E-state index in [-0.39, 0.29) is 5.92 Å². The van der Waals surface area contributed by atoms with E-state index in [0.29, 0.717) is 19.1 Å². The Bertz CT molecular complexity index is 638. The number of carboxylic acids is 1. The minimum absolute atomic E-state index is 0.267. The fourth-order valence-corrected chi connectivity index (χ4v) is 3.06. The first-order valence-corrected chi connectivity index (χ1v) is 7.69. The van der Waals surface area contributed by atoms with Crippen molar-refractivity contribution in [3.8, 4) is 5.69 Å². The van der Waals surface area contributed by atoms with Crippen LogP contribution in [0.2, 0.25) is 0 Å². The molecule has 1 aromatic carbocycles. The smallest absolute Gasteiger partial charge is 0.307 e. The van der Waals surface area contributed by atoms with Gasteiger partial charge in [0.25, 0.3) is 0 Å². The minimum atomic E-state index is -0.691. The van der Waals surface area contributed by atoms with Gasteiger partial charge in [-0.05, 0) is 31.9 Å². The summed E-state index contributed by atoms with van der Waals surface area (Å²) < 4.78 is 2.07. The number of hydrogen-bond donors (Lipinski definition) is 1. The molecular weight excluding hydrogens is 278 g/mol. The number of hydrogen-bond acceptors (Lipinski definition) is 3. The summed E-state index contributed by atoms with van der Waals surface area (Å²) in [6.45, 7) is 3.43. The number of likely N-dealkylation sites (tertiary alicyclic amines) is 1. The predicted octanol–water partition coefficient (Wildman–Crippen LogP) is 2.56. The summed E-state index contributed by atoms with van der Waals surface area (Å²) in [6, 6.07) is 10.5. The summed E-state index contributed by atoms with van der Waals surface area (Å²) in [5.74, 6) is -0.0104. The first-order chi connectivity index (χ1) is 10.6. The Labute approximate surface area is 130 Å². The molecule has 0 saturated carbocycles. The fraction of sp³-hybridized carbons (Fsp3) is 0.412. The number of nitrogens with zero attached hydrogens (tertiary/aromatic N) is 3. The molecule has 2 atom stereocenters. The largest absolute Gasteiger partial charge is 0.481 e. The van der Waals surface area contributed by atoms with Gasteiger partial charge in [0, 0.05) is 30.7 Å². The van der Waals surface area contributed by atoms with Gasteiger partial charge in [-0.15, -0.1) is 0 Å². The maximum atomic E-state index is 11.2. The zero-order valence-electron chi connectivity index (χ0n) is 12.7. The summed E-state index contributed by atoms with van der Waals surface area (Å²) in [5, 5.41) is 9.25. The van der Waals surface area contributed by atoms with E-state index < -0.39 is 5.97 Å². The van der Waals surface area contributed by atoms with Crippen LogP contribution in [0.1, 0.15) is 25.6 Å². The van der Waals surface area contributed by atoms with Crippen molar-refractivity contribution < 1.29 is 9.90 Å². The van der Waals surface area contributed by atoms with Crippen molar-refractivity contribution in [1.29, 1.82) is 0 Å². The Morgan fingerprint density at radius 1 is 1.32 bits per heavy atom. The Balaban J connectivity index is 1.78. The third kappa shape index (κ3) is 3.04. The number of piperidine rings is 1. The molecule has 2 unspecified atom stereocenters. The van der Waals surface area contributed by atoms with Crippen molar-refractivity contribution in [1.82, 2.24) is 14.5 Å². The van der Waals surface area contributed by atoms with E-state index in [0.717, 1.165) is 24.4 Å². The summed E-state index contributed by atoms with van der Waals surface area (Å²) >= 11 is 0. The van der Waals surface area contributed by atoms with Crippen LogP contribution in [0.5, 0.6) is 0 Å². The van der Waals surface area contributed by atoms with E-state index in [1.807, 2.05) is 36.5 Å². The molecule has 0 bridgehead atoms. The summed E-state index contributed by atoms with van der Waals surface area (Å²) in [5.41, 5.74) is 1.08. The molecule has 0 radical (unpaired) electrons. The summed E-state index contributed by atoms with van der Waals surface area (Å²) in [6.07, 6.45) is 5.43. The SMILES string of the molecule is CC1CCC(C(=O)O)CN1Cc1nccn1-c1ccccc1. The topological polar surface area (TPSA) is 58.4 Å². The first kappa shape index (κ1) is 14.8. The van der Waals surface area contributed by atoms with Crippen molar-refractivity contribution in [3.63, 3.8) is 0 Å². The van der Waals surface area contributed by atoms with Crippen molar-refractivity contribution in [3.05, 3.63) is 48.5 Å². The van der Waals surface area contributed by atoms with Gasteiger partial charge < -0.3 is 9.67 Å². The summed E-state index contributed by atoms with van der Waals surface area (Å²) in [4.78, 5) is 17.9. The molecule has 3 rings (SSSR count). The highest BCUT2D eigenvalue weighted by Crippen LogP contribution is 2.24. The minimum Gasteiger partial charge on any atom is -0.481 e. The number of benzene rings is 1. The first-order valence-electron chi connectivity index (χ1n) is 7.69. The van der Waals surface area contributed by atoms with E-state index >= 15 is 0 Å². The Morgan fingerprint density at radius 3 is 2.82 bits per heavy atom. The van der Waals surface area contributed by atoms with E-state index in [2.05, 4.69) is 21.4 Å². The number of carboxylic acid groups (broad SMARTS) is 1. The van der Waals surface area contributed by atoms with E-state index in [1.54, 1.807) is 6.20 Å². The van der Waals surface area contributed by atoms with Crippen molar-refractivity contribution >= 4 is 5.97 Å². The number of aromatic nitrogens is 2. The number of carbonyl (C=O) groups is 1. The molecule has 22 heavy (non-hydrogen) atoms. The second-order valence-corrected chi connectivity index (χ2v) is 5.94. The van der Waals surface area contributed by atoms with Gasteiger partial charge in [-0.25, -0.2) is 4.98 Å². The van der Waals surface area contributed by atoms with Crippen molar-refractivity contribution in [2.75, 3.05) is 6.54 Å². The molecule has 0 spiro atoms. The Morgan fingerprint density at radius 2 is 2.09 bits per heavy atom. The molecule has 1 aromatic heterocycles. The van der Waals surface area contributed by atoms with Gasteiger partial charge >= 0.3 is 5.97 Å². The molecule has 0 aliphatic carbocycles. The molecule has 1 fully saturated rings. The van der Waals surface area contributed by atoms with Crippen LogP contribution in [-0.2, 0) is 11.3 Å². The highest BCUT2D eigenvalue weighted by molar-refractivity contribution is 5.70. The molecule has 1 aliphatic rings. The van der Waals surface area contributed by atoms with Crippen molar-refractivity contribution in [2.24, 2.45) is 5.92 Å². The molecule has 5 nitrogen and oxygen atoms in total. The molecule has 1 saturated heterocycles. The molecule has 116 valence electrons. The van der Waals surface area contributed by atoms with Crippen LogP contribution in [0.25, 0.3) is 5.69 Å². The lowest BCUT2D eigenvalue weighted by Crippen LogP contribution is -2.43. The molecule has 2 heterocycles. The fourth-order valence-electron chi connectivity index (χ4n) is 3.06. The monoisotopic (exact) mass is 299 g/mol. The number of aliphatic carboxylic acids is 1. The normalized spacial score (nSPS) is 22.6. The lowest BCUT2D eigenvalue weighted by Gasteiger charge is -2.36. The van der Waals surface area contributed by atoms with Gasteiger partial charge in [-0.2, -0.15) is 0 Å². The second kappa shape index (κ2) is 6.32. The summed E-state index contributed by atoms with van der Waals surface area (Å²) in [7, 11) is 0. The lowest BCUT2D eigenvalue weighted by molar-refractivity contribution is -0.144. The van der Waals surface area contributed by atoms with Crippen LogP contribution in [0.3, 0.4) is 0 Å². The number of para-hydroxylation sites is 1. The zero-order valence-corrected chi connectivity index (χ0v) is 12.7. The molecule has 1 aliphatic heterocycles. The standard InChI is InChI=1S/C17H21N3O2/c1-13-7-8-14(17(21)22)11-19(13)12-16-18-9-10-20(16)15-5-3-2-4-6-15/h2-6,9-10,13-14H,7-8,11-12H2,1H3,(H,21,22). The van der Waals surface area contributed by atoms with Gasteiger partial charge in [-0.1, -0.05) is 18.2 Å². The third-order valence-corrected chi connectivity index (χ3v) is 4.46. The number of rotatable bonds is 4. The lowest BCUT2D eigenvalue weighted by atomic mass is 9.93. The van der Waals surface area contributed by atoms with Gasteiger partial charge in [0.2, 0.25) is 0 Å². The molecule has 0 amide bonds. The van der Waals surface area contributed by atoms with Crippen LogP contribution in [-0.4, -0.2) is 38.1 Å². The molecule has 2 aromatic rings. The number of imidazole rings is 1. The zero-order chi connectivity index (χ0) is 15.5. The van der Waals surface area contributed by atoms with Crippen LogP contribution in [0, 0.1) is 5.92 Å². The highest BCUT2D eigenvalue weighted by Gasteiger charge is 2.30. The highest BCUT2D eigenvalue weighted by atomic mass is 16.4. The average molecular weight is 299 g/mol. The Kier molecular flexibility index (Phi) is 4.24. The van der Waals surface area contributed by atoms with Crippen LogP contribution in [0.15, 0.2) is 42.7 Å². The van der Waals surface area contributed by atoms with E-state index in [9.17, 15) is 9.90 Å². The Hall–Kier alpha value is -2.14. The van der Waals surface area contributed by atoms with Gasteiger partial charge in [0.1, 0.15) is 5.82 Å². The quantitative estimate of drug-likeness (QED) is 0.942. The van der Waals surface area contributed by atoms with Gasteiger partial charge in [0.05, 0.1) is 12.5 Å². The van der Waals surface area contributed by atoms with Crippen LogP contribution in [0.4, 0.5) is 0 Å². The second-order valence-electron chi connectivity index (χ2n) is 5.94. The third-order valence-electron chi connectivity index (χ3n) is 4.46. The van der Waals surface area contributed by atoms with E-state index in [1.165, 1.54) is 0 Å². The van der Waals surface area contributed by atoms with E-state index in [4.69, 9.17) is 0 Å². The predicted molar refractivity (Wildman–Crippen MR) is 83.8 cm³/mol. The average Bonchev–Trinajstić information content (AvgIpc) is 2.98. The van der Waals surface area contributed by atoms with Crippen LogP contribution >= 0.6 is 0 Å². The molecular formula is C17H21N3O2. The van der Waals surface area contributed by atoms with Gasteiger partial charge in [-0.3, -0.25) is 9.69 Å².